The monoisotopic (exact) mass is 285 g/mol. The fourth-order valence-corrected chi connectivity index (χ4v) is 3.64. The number of aromatic nitrogens is 4. The lowest BCUT2D eigenvalue weighted by Gasteiger charge is -1.92. The van der Waals surface area contributed by atoms with Gasteiger partial charge in [-0.15, -0.1) is 16.8 Å². The van der Waals surface area contributed by atoms with Gasteiger partial charge in [0.15, 0.2) is 8.68 Å². The quantitative estimate of drug-likeness (QED) is 0.823. The summed E-state index contributed by atoms with van der Waals surface area (Å²) >= 11 is 4.41. The molecular weight excluding hydrogens is 274 g/mol. The number of hydrogen-bond donors (Lipinski definition) is 1. The van der Waals surface area contributed by atoms with E-state index >= 15 is 0 Å². The molecule has 0 atom stereocenters. The molecule has 2 aromatic heterocycles. The Balaban J connectivity index is 1.98. The molecule has 0 aliphatic heterocycles. The van der Waals surface area contributed by atoms with E-state index in [1.165, 1.54) is 34.6 Å². The first-order valence-electron chi connectivity index (χ1n) is 5.00. The van der Waals surface area contributed by atoms with Crippen molar-refractivity contribution >= 4 is 39.8 Å². The molecule has 0 spiro atoms. The molecule has 0 aromatic carbocycles. The molecule has 0 amide bonds. The molecule has 0 bridgehead atoms. The van der Waals surface area contributed by atoms with E-state index in [1.54, 1.807) is 6.08 Å². The third-order valence-corrected chi connectivity index (χ3v) is 4.47. The summed E-state index contributed by atoms with van der Waals surface area (Å²) in [5.74, 6) is 0.882. The Morgan fingerprint density at radius 2 is 2.29 bits per heavy atom. The van der Waals surface area contributed by atoms with Crippen LogP contribution in [0, 0.1) is 0 Å². The Morgan fingerprint density at radius 3 is 3.00 bits per heavy atom. The summed E-state index contributed by atoms with van der Waals surface area (Å²) in [6.45, 7) is 6.37. The zero-order chi connectivity index (χ0) is 12.1. The maximum absolute atomic E-state index is 4.37. The number of nitrogens with one attached hydrogen (secondary N) is 1. The number of aryl methyl sites for hydroxylation is 1. The van der Waals surface area contributed by atoms with E-state index in [0.717, 1.165) is 26.1 Å². The van der Waals surface area contributed by atoms with Crippen molar-refractivity contribution in [3.8, 4) is 0 Å². The molecule has 90 valence electrons. The van der Waals surface area contributed by atoms with Gasteiger partial charge in [-0.05, 0) is 23.3 Å². The molecule has 2 aromatic rings. The van der Waals surface area contributed by atoms with Gasteiger partial charge in [-0.2, -0.15) is 4.37 Å². The first kappa shape index (κ1) is 12.5. The van der Waals surface area contributed by atoms with E-state index in [0.29, 0.717) is 6.54 Å². The molecule has 0 saturated heterocycles. The van der Waals surface area contributed by atoms with Crippen molar-refractivity contribution in [1.82, 2.24) is 19.6 Å². The van der Waals surface area contributed by atoms with Crippen LogP contribution in [0.3, 0.4) is 0 Å². The van der Waals surface area contributed by atoms with Crippen LogP contribution >= 0.6 is 34.6 Å². The predicted octanol–water partition coefficient (Wildman–Crippen LogP) is 2.70. The first-order valence-corrected chi connectivity index (χ1v) is 7.41. The predicted molar refractivity (Wildman–Crippen MR) is 72.0 cm³/mol. The summed E-state index contributed by atoms with van der Waals surface area (Å²) in [7, 11) is 0. The minimum atomic E-state index is 0.693. The summed E-state index contributed by atoms with van der Waals surface area (Å²) in [6.07, 6.45) is 2.64. The topological polar surface area (TPSA) is 63.6 Å². The zero-order valence-corrected chi connectivity index (χ0v) is 11.7. The van der Waals surface area contributed by atoms with E-state index in [-0.39, 0.29) is 0 Å². The number of hydrogen-bond acceptors (Lipinski definition) is 8. The van der Waals surface area contributed by atoms with Crippen molar-refractivity contribution in [2.24, 2.45) is 0 Å². The van der Waals surface area contributed by atoms with E-state index in [9.17, 15) is 0 Å². The molecule has 2 heterocycles. The van der Waals surface area contributed by atoms with E-state index in [2.05, 4.69) is 31.5 Å². The van der Waals surface area contributed by atoms with Crippen LogP contribution < -0.4 is 5.32 Å². The van der Waals surface area contributed by atoms with Gasteiger partial charge in [-0.1, -0.05) is 24.3 Å². The minimum absolute atomic E-state index is 0.693. The Kier molecular flexibility index (Phi) is 4.46. The molecule has 0 radical (unpaired) electrons. The third-order valence-electron chi connectivity index (χ3n) is 1.74. The highest BCUT2D eigenvalue weighted by Gasteiger charge is 2.09. The van der Waals surface area contributed by atoms with Gasteiger partial charge >= 0.3 is 0 Å². The number of nitrogens with zero attached hydrogens (tertiary/aromatic N) is 4. The van der Waals surface area contributed by atoms with Gasteiger partial charge in [-0.25, -0.2) is 4.98 Å². The number of anilines is 1. The van der Waals surface area contributed by atoms with Crippen molar-refractivity contribution in [3.05, 3.63) is 18.5 Å². The highest BCUT2D eigenvalue weighted by molar-refractivity contribution is 8.02. The van der Waals surface area contributed by atoms with Crippen LogP contribution in [0.25, 0.3) is 0 Å². The lowest BCUT2D eigenvalue weighted by atomic mass is 10.5. The van der Waals surface area contributed by atoms with E-state index in [1.807, 2.05) is 6.92 Å². The fraction of sp³-hybridized carbons (Fsp3) is 0.333. The molecule has 1 N–H and O–H groups in total. The molecule has 0 saturated carbocycles. The second-order valence-electron chi connectivity index (χ2n) is 2.97. The van der Waals surface area contributed by atoms with Crippen LogP contribution in [0.5, 0.6) is 0 Å². The maximum Gasteiger partial charge on any atom is 0.206 e. The molecule has 5 nitrogen and oxygen atoms in total. The highest BCUT2D eigenvalue weighted by atomic mass is 32.2. The molecule has 0 aliphatic rings. The molecule has 0 fully saturated rings. The van der Waals surface area contributed by atoms with Gasteiger partial charge < -0.3 is 5.32 Å². The molecule has 17 heavy (non-hydrogen) atoms. The summed E-state index contributed by atoms with van der Waals surface area (Å²) in [5.41, 5.74) is 0. The zero-order valence-electron chi connectivity index (χ0n) is 9.21. The number of rotatable bonds is 6. The van der Waals surface area contributed by atoms with Crippen molar-refractivity contribution in [2.75, 3.05) is 11.9 Å². The minimum Gasteiger partial charge on any atom is -0.357 e. The normalized spacial score (nSPS) is 10.4. The van der Waals surface area contributed by atoms with Gasteiger partial charge in [-0.3, -0.25) is 0 Å². The average Bonchev–Trinajstić information content (AvgIpc) is 2.96. The average molecular weight is 285 g/mol. The second kappa shape index (κ2) is 6.08. The highest BCUT2D eigenvalue weighted by Crippen LogP contribution is 2.32. The van der Waals surface area contributed by atoms with Crippen LogP contribution in [0.1, 0.15) is 12.7 Å². The van der Waals surface area contributed by atoms with E-state index < -0.39 is 0 Å². The van der Waals surface area contributed by atoms with E-state index in [4.69, 9.17) is 0 Å². The van der Waals surface area contributed by atoms with Gasteiger partial charge in [0.25, 0.3) is 0 Å². The first-order chi connectivity index (χ1) is 8.31. The summed E-state index contributed by atoms with van der Waals surface area (Å²) in [5, 5.41) is 12.0. The van der Waals surface area contributed by atoms with Crippen molar-refractivity contribution in [2.45, 2.75) is 22.0 Å². The fourth-order valence-electron chi connectivity index (χ4n) is 0.980. The van der Waals surface area contributed by atoms with Gasteiger partial charge in [0.05, 0.1) is 0 Å². The summed E-state index contributed by atoms with van der Waals surface area (Å²) in [6, 6.07) is 0. The van der Waals surface area contributed by atoms with Crippen molar-refractivity contribution in [1.29, 1.82) is 0 Å². The van der Waals surface area contributed by atoms with Crippen LogP contribution in [0.15, 0.2) is 21.3 Å². The van der Waals surface area contributed by atoms with Crippen LogP contribution in [-0.4, -0.2) is 26.1 Å². The van der Waals surface area contributed by atoms with Gasteiger partial charge in [0, 0.05) is 13.0 Å². The van der Waals surface area contributed by atoms with Crippen LogP contribution in [0.4, 0.5) is 5.13 Å². The maximum atomic E-state index is 4.37. The Morgan fingerprint density at radius 1 is 1.41 bits per heavy atom. The Hall–Kier alpha value is -0.990. The lowest BCUT2D eigenvalue weighted by Crippen LogP contribution is -1.96. The Labute approximate surface area is 112 Å². The summed E-state index contributed by atoms with van der Waals surface area (Å²) in [4.78, 5) is 4.37. The third kappa shape index (κ3) is 3.48. The van der Waals surface area contributed by atoms with Crippen LogP contribution in [0.2, 0.25) is 0 Å². The molecular formula is C9H11N5S3. The van der Waals surface area contributed by atoms with Gasteiger partial charge in [0.1, 0.15) is 5.82 Å². The second-order valence-corrected chi connectivity index (χ2v) is 6.20. The lowest BCUT2D eigenvalue weighted by molar-refractivity contribution is 0.968. The smallest absolute Gasteiger partial charge is 0.206 e. The van der Waals surface area contributed by atoms with Crippen LogP contribution in [-0.2, 0) is 6.42 Å². The largest absolute Gasteiger partial charge is 0.357 e. The Bertz CT molecular complexity index is 492. The SMILES string of the molecule is C=CCNc1nnc(Sc2nc(CC)ns2)s1. The molecule has 0 unspecified atom stereocenters. The van der Waals surface area contributed by atoms with Crippen molar-refractivity contribution < 1.29 is 0 Å². The molecule has 8 heteroatoms. The standard InChI is InChI=1S/C9H11N5S3/c1-3-5-10-7-12-13-9(15-7)16-8-11-6(4-2)14-17-8/h3H,1,4-5H2,2H3,(H,10,12). The molecule has 2 rings (SSSR count). The van der Waals surface area contributed by atoms with Gasteiger partial charge in [0.2, 0.25) is 5.13 Å². The van der Waals surface area contributed by atoms with Crippen molar-refractivity contribution in [3.63, 3.8) is 0 Å². The molecule has 0 aliphatic carbocycles. The summed E-state index contributed by atoms with van der Waals surface area (Å²) < 4.78 is 6.01.